The monoisotopic (exact) mass is 397 g/mol. The molecule has 0 radical (unpaired) electrons. The molecule has 0 aliphatic carbocycles. The molecule has 1 heterocycles. The number of rotatable bonds is 5. The Hall–Kier alpha value is -4.34. The minimum atomic E-state index is -1.11. The Kier molecular flexibility index (Phi) is 5.44. The number of nitrogens with zero attached hydrogens (tertiary/aromatic N) is 1. The molecule has 0 saturated heterocycles. The normalized spacial score (nSPS) is 10.8. The van der Waals surface area contributed by atoms with Crippen molar-refractivity contribution in [2.24, 2.45) is 0 Å². The third-order valence-corrected chi connectivity index (χ3v) is 3.74. The lowest BCUT2D eigenvalue weighted by atomic mass is 10.2. The van der Waals surface area contributed by atoms with E-state index in [2.05, 4.69) is 4.98 Å². The molecule has 9 nitrogen and oxygen atoms in total. The average molecular weight is 397 g/mol. The SMILES string of the molecule is O=C(Oc1ccc(C=Cc2[nH]c(=O)[nH]c(=O)c2[N+](=O)[O-])cc1)c1ccc(F)cc1. The Balaban J connectivity index is 1.77. The summed E-state index contributed by atoms with van der Waals surface area (Å²) in [5.74, 6) is -0.906. The van der Waals surface area contributed by atoms with Crippen LogP contribution in [0.4, 0.5) is 10.1 Å². The molecule has 10 heteroatoms. The zero-order chi connectivity index (χ0) is 21.0. The number of aromatic amines is 2. The van der Waals surface area contributed by atoms with E-state index in [0.29, 0.717) is 5.56 Å². The van der Waals surface area contributed by atoms with Crippen molar-refractivity contribution in [2.75, 3.05) is 0 Å². The second-order valence-electron chi connectivity index (χ2n) is 5.73. The van der Waals surface area contributed by atoms with Crippen LogP contribution < -0.4 is 16.0 Å². The average Bonchev–Trinajstić information content (AvgIpc) is 2.67. The lowest BCUT2D eigenvalue weighted by Crippen LogP contribution is -2.25. The summed E-state index contributed by atoms with van der Waals surface area (Å²) < 4.78 is 18.1. The third kappa shape index (κ3) is 4.69. The van der Waals surface area contributed by atoms with Gasteiger partial charge in [-0.1, -0.05) is 18.2 Å². The molecular weight excluding hydrogens is 385 g/mol. The quantitative estimate of drug-likeness (QED) is 0.294. The van der Waals surface area contributed by atoms with E-state index in [1.54, 1.807) is 17.1 Å². The van der Waals surface area contributed by atoms with Crippen LogP contribution in [-0.2, 0) is 0 Å². The molecule has 146 valence electrons. The molecule has 0 saturated carbocycles. The first-order valence-corrected chi connectivity index (χ1v) is 8.10. The number of esters is 1. The molecule has 0 bridgehead atoms. The number of nitrogens with one attached hydrogen (secondary N) is 2. The highest BCUT2D eigenvalue weighted by atomic mass is 19.1. The molecule has 0 unspecified atom stereocenters. The van der Waals surface area contributed by atoms with Gasteiger partial charge in [0.05, 0.1) is 10.5 Å². The zero-order valence-electron chi connectivity index (χ0n) is 14.5. The number of carbonyl (C=O) groups is 1. The van der Waals surface area contributed by atoms with Gasteiger partial charge in [0.15, 0.2) is 0 Å². The number of ether oxygens (including phenoxy) is 1. The fourth-order valence-electron chi connectivity index (χ4n) is 2.38. The maximum atomic E-state index is 12.9. The minimum Gasteiger partial charge on any atom is -0.423 e. The van der Waals surface area contributed by atoms with Crippen LogP contribution in [0.1, 0.15) is 21.6 Å². The molecule has 0 atom stereocenters. The van der Waals surface area contributed by atoms with Crippen LogP contribution in [0.25, 0.3) is 12.2 Å². The Morgan fingerprint density at radius 3 is 2.28 bits per heavy atom. The molecule has 3 rings (SSSR count). The molecule has 1 aromatic heterocycles. The fourth-order valence-corrected chi connectivity index (χ4v) is 2.38. The molecule has 0 aliphatic heterocycles. The fraction of sp³-hybridized carbons (Fsp3) is 0. The van der Waals surface area contributed by atoms with Gasteiger partial charge in [0.25, 0.3) is 0 Å². The second kappa shape index (κ2) is 8.13. The lowest BCUT2D eigenvalue weighted by molar-refractivity contribution is -0.386. The number of halogens is 1. The second-order valence-corrected chi connectivity index (χ2v) is 5.73. The number of H-pyrrole nitrogens is 2. The topological polar surface area (TPSA) is 135 Å². The van der Waals surface area contributed by atoms with Gasteiger partial charge in [-0.3, -0.25) is 19.9 Å². The maximum absolute atomic E-state index is 12.9. The number of nitro groups is 1. The number of hydrogen-bond donors (Lipinski definition) is 2. The summed E-state index contributed by atoms with van der Waals surface area (Å²) in [6, 6.07) is 11.0. The third-order valence-electron chi connectivity index (χ3n) is 3.74. The van der Waals surface area contributed by atoms with E-state index < -0.39 is 33.6 Å². The predicted molar refractivity (Wildman–Crippen MR) is 101 cm³/mol. The van der Waals surface area contributed by atoms with E-state index in [4.69, 9.17) is 4.74 Å². The summed E-state index contributed by atoms with van der Waals surface area (Å²) in [6.07, 6.45) is 2.65. The smallest absolute Gasteiger partial charge is 0.357 e. The van der Waals surface area contributed by atoms with Crippen molar-refractivity contribution in [1.82, 2.24) is 9.97 Å². The van der Waals surface area contributed by atoms with E-state index in [-0.39, 0.29) is 17.0 Å². The Bertz CT molecular complexity index is 1210. The molecule has 2 aromatic carbocycles. The Morgan fingerprint density at radius 2 is 1.66 bits per heavy atom. The molecule has 0 fully saturated rings. The number of benzene rings is 2. The first-order valence-electron chi connectivity index (χ1n) is 8.10. The Morgan fingerprint density at radius 1 is 1.00 bits per heavy atom. The van der Waals surface area contributed by atoms with Gasteiger partial charge in [0.1, 0.15) is 17.3 Å². The van der Waals surface area contributed by atoms with Crippen LogP contribution in [0, 0.1) is 15.9 Å². The standard InChI is InChI=1S/C19H12FN3O6/c20-13-6-4-12(5-7-13)18(25)29-14-8-1-11(2-9-14)3-10-15-16(23(27)28)17(24)22-19(26)21-15/h1-10H,(H2,21,22,24,26). The van der Waals surface area contributed by atoms with Gasteiger partial charge in [0, 0.05) is 0 Å². The maximum Gasteiger partial charge on any atom is 0.357 e. The number of hydrogen-bond acceptors (Lipinski definition) is 6. The van der Waals surface area contributed by atoms with Gasteiger partial charge in [-0.05, 0) is 48.0 Å². The number of carbonyl (C=O) groups excluding carboxylic acids is 1. The van der Waals surface area contributed by atoms with E-state index in [1.165, 1.54) is 36.4 Å². The first-order chi connectivity index (χ1) is 13.8. The van der Waals surface area contributed by atoms with Gasteiger partial charge in [-0.15, -0.1) is 0 Å². The largest absolute Gasteiger partial charge is 0.423 e. The van der Waals surface area contributed by atoms with Crippen molar-refractivity contribution in [3.8, 4) is 5.75 Å². The summed E-state index contributed by atoms with van der Waals surface area (Å²) >= 11 is 0. The zero-order valence-corrected chi connectivity index (χ0v) is 14.5. The predicted octanol–water partition coefficient (Wildman–Crippen LogP) is 2.50. The van der Waals surface area contributed by atoms with Gasteiger partial charge < -0.3 is 9.72 Å². The molecule has 0 amide bonds. The molecule has 0 aliphatic rings. The van der Waals surface area contributed by atoms with Crippen molar-refractivity contribution in [3.63, 3.8) is 0 Å². The van der Waals surface area contributed by atoms with Crippen LogP contribution in [0.15, 0.2) is 58.1 Å². The highest BCUT2D eigenvalue weighted by Gasteiger charge is 2.18. The minimum absolute atomic E-state index is 0.181. The highest BCUT2D eigenvalue weighted by Crippen LogP contribution is 2.17. The van der Waals surface area contributed by atoms with Gasteiger partial charge in [-0.2, -0.15) is 0 Å². The van der Waals surface area contributed by atoms with Crippen molar-refractivity contribution < 1.29 is 18.8 Å². The van der Waals surface area contributed by atoms with Crippen molar-refractivity contribution in [2.45, 2.75) is 0 Å². The van der Waals surface area contributed by atoms with Crippen molar-refractivity contribution in [1.29, 1.82) is 0 Å². The molecule has 2 N–H and O–H groups in total. The summed E-state index contributed by atoms with van der Waals surface area (Å²) in [6.45, 7) is 0. The van der Waals surface area contributed by atoms with E-state index in [1.807, 2.05) is 0 Å². The molecular formula is C19H12FN3O6. The van der Waals surface area contributed by atoms with Gasteiger partial charge >= 0.3 is 22.9 Å². The Labute approximate surface area is 161 Å². The summed E-state index contributed by atoms with van der Waals surface area (Å²) in [4.78, 5) is 49.0. The van der Waals surface area contributed by atoms with E-state index in [9.17, 15) is 28.9 Å². The van der Waals surface area contributed by atoms with E-state index >= 15 is 0 Å². The summed E-state index contributed by atoms with van der Waals surface area (Å²) in [7, 11) is 0. The first kappa shape index (κ1) is 19.4. The van der Waals surface area contributed by atoms with Gasteiger partial charge in [0.2, 0.25) is 0 Å². The molecule has 29 heavy (non-hydrogen) atoms. The summed E-state index contributed by atoms with van der Waals surface area (Å²) in [5, 5.41) is 11.0. The number of aromatic nitrogens is 2. The van der Waals surface area contributed by atoms with Crippen LogP contribution >= 0.6 is 0 Å². The van der Waals surface area contributed by atoms with Crippen LogP contribution in [0.3, 0.4) is 0 Å². The van der Waals surface area contributed by atoms with Crippen LogP contribution in [0.5, 0.6) is 5.75 Å². The van der Waals surface area contributed by atoms with Crippen molar-refractivity contribution in [3.05, 3.63) is 102 Å². The lowest BCUT2D eigenvalue weighted by Gasteiger charge is -2.04. The van der Waals surface area contributed by atoms with Gasteiger partial charge in [-0.25, -0.2) is 14.0 Å². The van der Waals surface area contributed by atoms with Crippen LogP contribution in [-0.4, -0.2) is 20.9 Å². The molecule has 3 aromatic rings. The molecule has 0 spiro atoms. The van der Waals surface area contributed by atoms with E-state index in [0.717, 1.165) is 12.1 Å². The summed E-state index contributed by atoms with van der Waals surface area (Å²) in [5.41, 5.74) is -2.28. The van der Waals surface area contributed by atoms with Crippen molar-refractivity contribution >= 4 is 23.8 Å². The highest BCUT2D eigenvalue weighted by molar-refractivity contribution is 5.91. The van der Waals surface area contributed by atoms with Crippen LogP contribution in [0.2, 0.25) is 0 Å².